The van der Waals surface area contributed by atoms with Crippen LogP contribution in [-0.4, -0.2) is 48.1 Å². The van der Waals surface area contributed by atoms with E-state index in [1.165, 1.54) is 79.1 Å². The number of nitrogen functional groups attached to an aromatic ring is 1. The predicted molar refractivity (Wildman–Crippen MR) is 250 cm³/mol. The van der Waals surface area contributed by atoms with E-state index in [1.54, 1.807) is 44.1 Å². The highest BCUT2D eigenvalue weighted by Crippen LogP contribution is 2.37. The molecule has 0 fully saturated rings. The van der Waals surface area contributed by atoms with Gasteiger partial charge in [0.05, 0.1) is 49.7 Å². The molecule has 67 heavy (non-hydrogen) atoms. The third-order valence-corrected chi connectivity index (χ3v) is 10.6. The first kappa shape index (κ1) is 49.5. The summed E-state index contributed by atoms with van der Waals surface area (Å²) in [6.45, 7) is 0. The molecule has 8 aromatic rings. The normalized spacial score (nSPS) is 11.4. The number of aromatic nitrogens is 4. The fourth-order valence-corrected chi connectivity index (χ4v) is 7.11. The summed E-state index contributed by atoms with van der Waals surface area (Å²) >= 11 is 17.6. The number of hydrogen-bond acceptors (Lipinski definition) is 8. The minimum absolute atomic E-state index is 0.0199. The van der Waals surface area contributed by atoms with E-state index in [1.807, 2.05) is 0 Å². The summed E-state index contributed by atoms with van der Waals surface area (Å²) in [6.07, 6.45) is -6.08. The van der Waals surface area contributed by atoms with E-state index in [-0.39, 0.29) is 38.3 Å². The van der Waals surface area contributed by atoms with Crippen molar-refractivity contribution in [3.05, 3.63) is 168 Å². The number of halogens is 11. The van der Waals surface area contributed by atoms with Crippen LogP contribution in [0.5, 0.6) is 0 Å². The molecular weight excluding hydrogens is 955 g/mol. The summed E-state index contributed by atoms with van der Waals surface area (Å²) in [5.74, 6) is -0.270. The first-order valence-electron chi connectivity index (χ1n) is 19.3. The lowest BCUT2D eigenvalue weighted by atomic mass is 10.1. The maximum absolute atomic E-state index is 14.5. The molecule has 0 bridgehead atoms. The Hall–Kier alpha value is -6.89. The average molecular weight is 990 g/mol. The van der Waals surface area contributed by atoms with Crippen molar-refractivity contribution in [2.75, 3.05) is 49.0 Å². The molecule has 0 aliphatic carbocycles. The number of hydrogen-bond donors (Lipinski definition) is 4. The van der Waals surface area contributed by atoms with Gasteiger partial charge in [0.25, 0.3) is 11.1 Å². The standard InChI is InChI=1S/C23H17ClF4N4O.C13H13ClFN3O.C10H5ClF3N/c1-32(2)21-20(11-16(22(33)31-21)15-10-13(24)4-6-17(15)25)30-18-7-8-29-19-9-12(23(26,27)28)3-5-14(18)19;1-18(2)12-11(16)6-9(13(19)17-12)8-5-7(14)3-4-10(8)15;11-8-3-4-15-9-5-6(10(12,13)14)1-2-7(8)9/h3-11H,1-2H3,(H,29,30)(H,31,33);3-6H,16H2,1-2H3,(H,17,19);1-5H. The van der Waals surface area contributed by atoms with Gasteiger partial charge in [-0.25, -0.2) is 8.78 Å². The molecule has 0 spiro atoms. The average Bonchev–Trinajstić information content (AvgIpc) is 3.26. The van der Waals surface area contributed by atoms with Gasteiger partial charge >= 0.3 is 12.4 Å². The van der Waals surface area contributed by atoms with Gasteiger partial charge in [-0.1, -0.05) is 46.9 Å². The molecule has 21 heteroatoms. The lowest BCUT2D eigenvalue weighted by Gasteiger charge is -2.20. The summed E-state index contributed by atoms with van der Waals surface area (Å²) in [5, 5.41) is 5.11. The molecule has 4 aromatic carbocycles. The van der Waals surface area contributed by atoms with Gasteiger partial charge in [-0.15, -0.1) is 0 Å². The smallest absolute Gasteiger partial charge is 0.396 e. The number of fused-ring (bicyclic) bond motifs is 2. The van der Waals surface area contributed by atoms with Gasteiger partial charge in [0.15, 0.2) is 0 Å². The Kier molecular flexibility index (Phi) is 14.7. The maximum atomic E-state index is 14.5. The Morgan fingerprint density at radius 3 is 1.52 bits per heavy atom. The molecule has 0 aliphatic heterocycles. The van der Waals surface area contributed by atoms with Crippen LogP contribution in [0, 0.1) is 11.6 Å². The van der Waals surface area contributed by atoms with Crippen molar-refractivity contribution in [2.45, 2.75) is 12.4 Å². The zero-order valence-corrected chi connectivity index (χ0v) is 37.5. The van der Waals surface area contributed by atoms with Crippen LogP contribution in [0.2, 0.25) is 15.1 Å². The first-order chi connectivity index (χ1) is 31.4. The van der Waals surface area contributed by atoms with E-state index >= 15 is 0 Å². The van der Waals surface area contributed by atoms with Gasteiger partial charge in [0, 0.05) is 78.2 Å². The van der Waals surface area contributed by atoms with Crippen molar-refractivity contribution >= 4 is 85.3 Å². The summed E-state index contributed by atoms with van der Waals surface area (Å²) in [4.78, 5) is 41.3. The molecule has 0 radical (unpaired) electrons. The number of pyridine rings is 4. The SMILES string of the molecule is CN(C)c1[nH]c(=O)c(-c2cc(Cl)ccc2F)cc1N.CN(C)c1[nH]c(=O)c(-c2cc(Cl)ccc2F)cc1Nc1ccnc2cc(C(F)(F)F)ccc12.FC(F)(F)c1ccc2c(Cl)ccnc2c1. The molecule has 4 heterocycles. The molecule has 4 aromatic heterocycles. The zero-order chi connectivity index (χ0) is 49.1. The van der Waals surface area contributed by atoms with E-state index in [0.717, 1.165) is 24.3 Å². The Labute approximate surface area is 390 Å². The lowest BCUT2D eigenvalue weighted by Crippen LogP contribution is -2.20. The summed E-state index contributed by atoms with van der Waals surface area (Å²) < 4.78 is 105. The number of aromatic amines is 2. The van der Waals surface area contributed by atoms with Gasteiger partial charge in [-0.3, -0.25) is 19.6 Å². The van der Waals surface area contributed by atoms with Crippen molar-refractivity contribution in [1.82, 2.24) is 19.9 Å². The molecule has 0 unspecified atom stereocenters. The lowest BCUT2D eigenvalue weighted by molar-refractivity contribution is -0.138. The number of rotatable bonds is 6. The second kappa shape index (κ2) is 19.9. The van der Waals surface area contributed by atoms with Crippen molar-refractivity contribution < 1.29 is 35.1 Å². The van der Waals surface area contributed by atoms with Crippen LogP contribution in [0.15, 0.2) is 119 Å². The quantitative estimate of drug-likeness (QED) is 0.121. The van der Waals surface area contributed by atoms with Gasteiger partial charge in [-0.2, -0.15) is 26.3 Å². The Morgan fingerprint density at radius 2 is 1.01 bits per heavy atom. The van der Waals surface area contributed by atoms with Gasteiger partial charge in [0.1, 0.15) is 23.3 Å². The molecule has 0 saturated heterocycles. The summed E-state index contributed by atoms with van der Waals surface area (Å²) in [6, 6.07) is 20.6. The molecule has 5 N–H and O–H groups in total. The summed E-state index contributed by atoms with van der Waals surface area (Å²) in [5.41, 5.74) is 5.34. The van der Waals surface area contributed by atoms with E-state index in [0.29, 0.717) is 49.5 Å². The van der Waals surface area contributed by atoms with Crippen LogP contribution in [0.25, 0.3) is 44.1 Å². The van der Waals surface area contributed by atoms with E-state index in [9.17, 15) is 44.7 Å². The number of alkyl halides is 6. The number of H-pyrrole nitrogens is 2. The Morgan fingerprint density at radius 1 is 0.552 bits per heavy atom. The molecule has 8 rings (SSSR count). The molecule has 0 saturated carbocycles. The highest BCUT2D eigenvalue weighted by Gasteiger charge is 2.31. The topological polar surface area (TPSA) is 136 Å². The monoisotopic (exact) mass is 988 g/mol. The van der Waals surface area contributed by atoms with Gasteiger partial charge in [-0.05, 0) is 84.9 Å². The number of nitrogens with one attached hydrogen (secondary N) is 3. The summed E-state index contributed by atoms with van der Waals surface area (Å²) in [7, 11) is 6.91. The number of nitrogens with two attached hydrogens (primary N) is 1. The number of anilines is 5. The molecular formula is C46H35Cl3F8N8O2. The Balaban J connectivity index is 0.000000183. The highest BCUT2D eigenvalue weighted by molar-refractivity contribution is 6.35. The van der Waals surface area contributed by atoms with Crippen molar-refractivity contribution in [1.29, 1.82) is 0 Å². The minimum Gasteiger partial charge on any atom is -0.396 e. The van der Waals surface area contributed by atoms with E-state index in [2.05, 4.69) is 25.3 Å². The molecule has 0 amide bonds. The second-order valence-corrected chi connectivity index (χ2v) is 16.1. The molecule has 0 aliphatic rings. The molecule has 348 valence electrons. The van der Waals surface area contributed by atoms with Crippen molar-refractivity contribution in [3.8, 4) is 22.3 Å². The van der Waals surface area contributed by atoms with Crippen LogP contribution in [0.4, 0.5) is 63.8 Å². The fourth-order valence-electron chi connectivity index (χ4n) is 6.55. The minimum atomic E-state index is -4.49. The van der Waals surface area contributed by atoms with Crippen LogP contribution < -0.4 is 32.0 Å². The Bertz CT molecular complexity index is 3250. The second-order valence-electron chi connectivity index (χ2n) is 14.9. The van der Waals surface area contributed by atoms with Crippen LogP contribution in [0.3, 0.4) is 0 Å². The van der Waals surface area contributed by atoms with Crippen molar-refractivity contribution in [2.24, 2.45) is 0 Å². The number of nitrogens with zero attached hydrogens (tertiary/aromatic N) is 4. The van der Waals surface area contributed by atoms with Gasteiger partial charge < -0.3 is 30.8 Å². The number of benzene rings is 4. The fraction of sp³-hybridized carbons (Fsp3) is 0.130. The predicted octanol–water partition coefficient (Wildman–Crippen LogP) is 12.6. The largest absolute Gasteiger partial charge is 0.416 e. The van der Waals surface area contributed by atoms with E-state index < -0.39 is 46.2 Å². The maximum Gasteiger partial charge on any atom is 0.416 e. The third kappa shape index (κ3) is 11.6. The third-order valence-electron chi connectivity index (χ3n) is 9.76. The highest BCUT2D eigenvalue weighted by atomic mass is 35.5. The van der Waals surface area contributed by atoms with Crippen LogP contribution in [0.1, 0.15) is 11.1 Å². The molecule has 0 atom stereocenters. The first-order valence-corrected chi connectivity index (χ1v) is 20.5. The zero-order valence-electron chi connectivity index (χ0n) is 35.2. The molecule has 10 nitrogen and oxygen atoms in total. The van der Waals surface area contributed by atoms with Crippen molar-refractivity contribution in [3.63, 3.8) is 0 Å². The van der Waals surface area contributed by atoms with Crippen LogP contribution >= 0.6 is 34.8 Å². The van der Waals surface area contributed by atoms with Gasteiger partial charge in [0.2, 0.25) is 0 Å². The van der Waals surface area contributed by atoms with Crippen LogP contribution in [-0.2, 0) is 12.4 Å². The van der Waals surface area contributed by atoms with E-state index in [4.69, 9.17) is 40.5 Å².